The van der Waals surface area contributed by atoms with Crippen molar-refractivity contribution in [2.75, 3.05) is 7.05 Å². The molecule has 1 aliphatic heterocycles. The van der Waals surface area contributed by atoms with Gasteiger partial charge in [-0.3, -0.25) is 0 Å². The number of thioether (sulfide) groups is 1. The minimum absolute atomic E-state index is 0.110. The normalized spacial score (nSPS) is 18.5. The Bertz CT molecular complexity index is 619. The molecule has 0 aromatic heterocycles. The molecule has 0 spiro atoms. The Morgan fingerprint density at radius 3 is 2.76 bits per heavy atom. The fourth-order valence-corrected chi connectivity index (χ4v) is 4.24. The number of benzene rings is 2. The number of hydrogen-bond acceptors (Lipinski definition) is 2. The minimum Gasteiger partial charge on any atom is -0.316 e. The summed E-state index contributed by atoms with van der Waals surface area (Å²) in [4.78, 5) is 1.29. The van der Waals surface area contributed by atoms with E-state index in [1.807, 2.05) is 30.9 Å². The molecule has 1 aliphatic rings. The third-order valence-corrected chi connectivity index (χ3v) is 5.41. The number of nitrogens with one attached hydrogen (secondary N) is 1. The summed E-state index contributed by atoms with van der Waals surface area (Å²) in [5, 5.41) is 3.61. The van der Waals surface area contributed by atoms with Crippen molar-refractivity contribution in [1.29, 1.82) is 0 Å². The van der Waals surface area contributed by atoms with Gasteiger partial charge in [0.1, 0.15) is 0 Å². The van der Waals surface area contributed by atoms with Crippen LogP contribution in [-0.4, -0.2) is 18.3 Å². The summed E-state index contributed by atoms with van der Waals surface area (Å²) in [6.07, 6.45) is 1.45. The SMILES string of the molecule is CNC(Cc1cccc(F)c1F)C1Cc2ccccc2S1. The first kappa shape index (κ1) is 14.5. The highest BCUT2D eigenvalue weighted by Gasteiger charge is 2.29. The van der Waals surface area contributed by atoms with Crippen LogP contribution in [0.1, 0.15) is 11.1 Å². The van der Waals surface area contributed by atoms with Crippen molar-refractivity contribution in [2.24, 2.45) is 0 Å². The Labute approximate surface area is 127 Å². The minimum atomic E-state index is -0.773. The molecule has 0 fully saturated rings. The molecule has 21 heavy (non-hydrogen) atoms. The molecule has 110 valence electrons. The molecule has 0 aliphatic carbocycles. The molecule has 0 saturated heterocycles. The number of hydrogen-bond donors (Lipinski definition) is 1. The van der Waals surface area contributed by atoms with Gasteiger partial charge in [-0.15, -0.1) is 11.8 Å². The summed E-state index contributed by atoms with van der Waals surface area (Å²) in [5.74, 6) is -1.50. The van der Waals surface area contributed by atoms with Crippen LogP contribution in [0.25, 0.3) is 0 Å². The first-order valence-electron chi connectivity index (χ1n) is 7.03. The van der Waals surface area contributed by atoms with E-state index in [-0.39, 0.29) is 6.04 Å². The van der Waals surface area contributed by atoms with Gasteiger partial charge in [-0.25, -0.2) is 8.78 Å². The van der Waals surface area contributed by atoms with Crippen molar-refractivity contribution < 1.29 is 8.78 Å². The summed E-state index contributed by atoms with van der Waals surface area (Å²) in [6.45, 7) is 0. The summed E-state index contributed by atoms with van der Waals surface area (Å²) >= 11 is 1.82. The molecule has 4 heteroatoms. The molecule has 0 amide bonds. The van der Waals surface area contributed by atoms with E-state index in [0.717, 1.165) is 12.5 Å². The van der Waals surface area contributed by atoms with Crippen molar-refractivity contribution in [3.8, 4) is 0 Å². The van der Waals surface area contributed by atoms with Gasteiger partial charge in [0.15, 0.2) is 11.6 Å². The molecule has 0 radical (unpaired) electrons. The molecule has 0 bridgehead atoms. The second kappa shape index (κ2) is 6.16. The van der Waals surface area contributed by atoms with Gasteiger partial charge >= 0.3 is 0 Å². The van der Waals surface area contributed by atoms with Crippen molar-refractivity contribution in [3.05, 3.63) is 65.2 Å². The van der Waals surface area contributed by atoms with Gasteiger partial charge in [-0.1, -0.05) is 30.3 Å². The van der Waals surface area contributed by atoms with Crippen LogP contribution < -0.4 is 5.32 Å². The zero-order chi connectivity index (χ0) is 14.8. The van der Waals surface area contributed by atoms with Gasteiger partial charge in [-0.05, 0) is 43.1 Å². The lowest BCUT2D eigenvalue weighted by atomic mass is 9.98. The Balaban J connectivity index is 1.77. The van der Waals surface area contributed by atoms with Crippen LogP contribution in [0.5, 0.6) is 0 Å². The second-order valence-electron chi connectivity index (χ2n) is 5.28. The lowest BCUT2D eigenvalue weighted by Gasteiger charge is -2.22. The van der Waals surface area contributed by atoms with Gasteiger partial charge < -0.3 is 5.32 Å². The van der Waals surface area contributed by atoms with Crippen molar-refractivity contribution in [3.63, 3.8) is 0 Å². The molecular formula is C17H17F2NS. The zero-order valence-corrected chi connectivity index (χ0v) is 12.6. The van der Waals surface area contributed by atoms with E-state index < -0.39 is 11.6 Å². The van der Waals surface area contributed by atoms with Gasteiger partial charge in [0.2, 0.25) is 0 Å². The smallest absolute Gasteiger partial charge is 0.162 e. The Morgan fingerprint density at radius 2 is 2.00 bits per heavy atom. The quantitative estimate of drug-likeness (QED) is 0.922. The van der Waals surface area contributed by atoms with E-state index in [1.165, 1.54) is 10.5 Å². The first-order valence-corrected chi connectivity index (χ1v) is 7.91. The van der Waals surface area contributed by atoms with E-state index in [9.17, 15) is 8.78 Å². The molecular weight excluding hydrogens is 288 g/mol. The lowest BCUT2D eigenvalue weighted by molar-refractivity contribution is 0.478. The van der Waals surface area contributed by atoms with Crippen LogP contribution in [0, 0.1) is 11.6 Å². The van der Waals surface area contributed by atoms with Gasteiger partial charge in [0, 0.05) is 16.2 Å². The van der Waals surface area contributed by atoms with Crippen LogP contribution in [0.2, 0.25) is 0 Å². The Kier molecular flexibility index (Phi) is 4.27. The van der Waals surface area contributed by atoms with Crippen LogP contribution >= 0.6 is 11.8 Å². The highest BCUT2D eigenvalue weighted by atomic mass is 32.2. The maximum absolute atomic E-state index is 13.8. The molecule has 1 heterocycles. The van der Waals surface area contributed by atoms with E-state index >= 15 is 0 Å². The zero-order valence-electron chi connectivity index (χ0n) is 11.8. The summed E-state index contributed by atoms with van der Waals surface area (Å²) < 4.78 is 27.2. The maximum Gasteiger partial charge on any atom is 0.162 e. The van der Waals surface area contributed by atoms with Gasteiger partial charge in [0.05, 0.1) is 0 Å². The molecule has 1 N–H and O–H groups in total. The van der Waals surface area contributed by atoms with E-state index in [4.69, 9.17) is 0 Å². The largest absolute Gasteiger partial charge is 0.316 e. The summed E-state index contributed by atoms with van der Waals surface area (Å²) in [5.41, 5.74) is 1.78. The molecule has 2 unspecified atom stereocenters. The van der Waals surface area contributed by atoms with Crippen LogP contribution in [0.3, 0.4) is 0 Å². The molecule has 2 atom stereocenters. The Morgan fingerprint density at radius 1 is 1.19 bits per heavy atom. The van der Waals surface area contributed by atoms with Crippen molar-refractivity contribution in [2.45, 2.75) is 29.0 Å². The summed E-state index contributed by atoms with van der Waals surface area (Å²) in [6, 6.07) is 12.8. The Hall–Kier alpha value is -1.39. The van der Waals surface area contributed by atoms with E-state index in [1.54, 1.807) is 12.1 Å². The predicted molar refractivity (Wildman–Crippen MR) is 82.7 cm³/mol. The van der Waals surface area contributed by atoms with Gasteiger partial charge in [-0.2, -0.15) is 0 Å². The van der Waals surface area contributed by atoms with Crippen molar-refractivity contribution >= 4 is 11.8 Å². The van der Waals surface area contributed by atoms with Crippen molar-refractivity contribution in [1.82, 2.24) is 5.32 Å². The number of likely N-dealkylation sites (N-methyl/N-ethyl adjacent to an activating group) is 1. The molecule has 2 aromatic carbocycles. The molecule has 3 rings (SSSR count). The first-order chi connectivity index (χ1) is 10.2. The average molecular weight is 305 g/mol. The molecule has 0 saturated carbocycles. The average Bonchev–Trinajstić information content (AvgIpc) is 2.92. The van der Waals surface area contributed by atoms with Gasteiger partial charge in [0.25, 0.3) is 0 Å². The molecule has 1 nitrogen and oxygen atoms in total. The number of fused-ring (bicyclic) bond motifs is 1. The van der Waals surface area contributed by atoms with E-state index in [2.05, 4.69) is 17.4 Å². The number of halogens is 2. The predicted octanol–water partition coefficient (Wildman–Crippen LogP) is 3.81. The monoisotopic (exact) mass is 305 g/mol. The van der Waals surface area contributed by atoms with Crippen LogP contribution in [0.4, 0.5) is 8.78 Å². The fourth-order valence-electron chi connectivity index (χ4n) is 2.80. The van der Waals surface area contributed by atoms with Crippen LogP contribution in [0.15, 0.2) is 47.4 Å². The van der Waals surface area contributed by atoms with E-state index in [0.29, 0.717) is 17.2 Å². The second-order valence-corrected chi connectivity index (χ2v) is 6.56. The maximum atomic E-state index is 13.8. The fraction of sp³-hybridized carbons (Fsp3) is 0.294. The summed E-state index contributed by atoms with van der Waals surface area (Å²) in [7, 11) is 1.88. The number of rotatable bonds is 4. The topological polar surface area (TPSA) is 12.0 Å². The third-order valence-electron chi connectivity index (χ3n) is 3.96. The van der Waals surface area contributed by atoms with Crippen LogP contribution in [-0.2, 0) is 12.8 Å². The highest BCUT2D eigenvalue weighted by Crippen LogP contribution is 2.39. The lowest BCUT2D eigenvalue weighted by Crippen LogP contribution is -2.37. The third kappa shape index (κ3) is 2.97. The highest BCUT2D eigenvalue weighted by molar-refractivity contribution is 8.00. The standard InChI is InChI=1S/C17H17F2NS/c1-20-14(9-12-6-4-7-13(18)17(12)19)16-10-11-5-2-3-8-15(11)21-16/h2-8,14,16,20H,9-10H2,1H3. The molecule has 2 aromatic rings.